The van der Waals surface area contributed by atoms with Crippen LogP contribution in [0.2, 0.25) is 0 Å². The number of ketones is 1. The van der Waals surface area contributed by atoms with E-state index in [9.17, 15) is 9.90 Å². The van der Waals surface area contributed by atoms with Crippen LogP contribution in [0.1, 0.15) is 63.5 Å². The second kappa shape index (κ2) is 8.87. The molecule has 0 saturated carbocycles. The molecule has 0 saturated heterocycles. The summed E-state index contributed by atoms with van der Waals surface area (Å²) >= 11 is 0. The van der Waals surface area contributed by atoms with Crippen LogP contribution in [-0.2, 0) is 4.79 Å². The van der Waals surface area contributed by atoms with Crippen LogP contribution < -0.4 is 0 Å². The van der Waals surface area contributed by atoms with Crippen molar-refractivity contribution in [1.29, 1.82) is 0 Å². The highest BCUT2D eigenvalue weighted by Gasteiger charge is 2.15. The molecule has 0 spiro atoms. The molecule has 0 aliphatic rings. The lowest BCUT2D eigenvalue weighted by Gasteiger charge is -2.09. The Morgan fingerprint density at radius 1 is 1.06 bits per heavy atom. The summed E-state index contributed by atoms with van der Waals surface area (Å²) in [6.45, 7) is 2.19. The van der Waals surface area contributed by atoms with Crippen LogP contribution in [0.4, 0.5) is 0 Å². The molecule has 1 N–H and O–H groups in total. The smallest absolute Gasteiger partial charge is 0.165 e. The fourth-order valence-corrected chi connectivity index (χ4v) is 2.04. The lowest BCUT2D eigenvalue weighted by Crippen LogP contribution is -2.11. The number of aliphatic hydroxyl groups excluding tert-OH is 1. The molecule has 0 amide bonds. The van der Waals surface area contributed by atoms with Gasteiger partial charge in [0, 0.05) is 6.42 Å². The Balaban J connectivity index is 2.20. The first-order valence-corrected chi connectivity index (χ1v) is 7.01. The molecule has 100 valence electrons. The largest absolute Gasteiger partial charge is 0.381 e. The van der Waals surface area contributed by atoms with Crippen LogP contribution in [0, 0.1) is 0 Å². The maximum atomic E-state index is 11.8. The van der Waals surface area contributed by atoms with Gasteiger partial charge >= 0.3 is 0 Å². The summed E-state index contributed by atoms with van der Waals surface area (Å²) in [6, 6.07) is 9.16. The summed E-state index contributed by atoms with van der Waals surface area (Å²) in [5.74, 6) is -0.0586. The van der Waals surface area contributed by atoms with Crippen LogP contribution in [0.3, 0.4) is 0 Å². The van der Waals surface area contributed by atoms with Crippen molar-refractivity contribution in [1.82, 2.24) is 0 Å². The number of aliphatic hydroxyl groups is 1. The van der Waals surface area contributed by atoms with Gasteiger partial charge in [-0.05, 0) is 12.0 Å². The van der Waals surface area contributed by atoms with E-state index in [-0.39, 0.29) is 5.78 Å². The van der Waals surface area contributed by atoms with E-state index in [1.807, 2.05) is 18.2 Å². The van der Waals surface area contributed by atoms with Gasteiger partial charge in [-0.2, -0.15) is 0 Å². The van der Waals surface area contributed by atoms with Gasteiger partial charge < -0.3 is 5.11 Å². The zero-order valence-electron chi connectivity index (χ0n) is 11.3. The molecule has 0 aliphatic heterocycles. The van der Waals surface area contributed by atoms with Crippen molar-refractivity contribution in [3.63, 3.8) is 0 Å². The van der Waals surface area contributed by atoms with Crippen molar-refractivity contribution in [2.24, 2.45) is 0 Å². The predicted octanol–water partition coefficient (Wildman–Crippen LogP) is 4.04. The van der Waals surface area contributed by atoms with E-state index in [2.05, 4.69) is 6.92 Å². The molecule has 2 nitrogen and oxygen atoms in total. The van der Waals surface area contributed by atoms with Gasteiger partial charge in [0.2, 0.25) is 0 Å². The maximum Gasteiger partial charge on any atom is 0.165 e. The highest BCUT2D eigenvalue weighted by atomic mass is 16.3. The second-order valence-electron chi connectivity index (χ2n) is 4.80. The summed E-state index contributed by atoms with van der Waals surface area (Å²) in [6.07, 6.45) is 6.50. The molecular formula is C16H24O2. The normalized spacial score (nSPS) is 12.3. The molecule has 0 aliphatic carbocycles. The van der Waals surface area contributed by atoms with Crippen LogP contribution in [0.15, 0.2) is 30.3 Å². The van der Waals surface area contributed by atoms with E-state index in [4.69, 9.17) is 0 Å². The first-order valence-electron chi connectivity index (χ1n) is 7.01. The fourth-order valence-electron chi connectivity index (χ4n) is 2.04. The lowest BCUT2D eigenvalue weighted by molar-refractivity contribution is -0.127. The average molecular weight is 248 g/mol. The summed E-state index contributed by atoms with van der Waals surface area (Å²) in [7, 11) is 0. The molecule has 0 heterocycles. The molecular weight excluding hydrogens is 224 g/mol. The molecule has 1 atom stereocenters. The third-order valence-corrected chi connectivity index (χ3v) is 3.20. The lowest BCUT2D eigenvalue weighted by atomic mass is 10.0. The predicted molar refractivity (Wildman–Crippen MR) is 74.4 cm³/mol. The van der Waals surface area contributed by atoms with E-state index in [1.165, 1.54) is 25.7 Å². The zero-order chi connectivity index (χ0) is 13.2. The van der Waals surface area contributed by atoms with Gasteiger partial charge in [-0.3, -0.25) is 4.79 Å². The van der Waals surface area contributed by atoms with Crippen molar-refractivity contribution < 1.29 is 9.90 Å². The molecule has 1 aromatic rings. The quantitative estimate of drug-likeness (QED) is 0.670. The number of Topliss-reactive ketones (excluding diaryl/α,β-unsaturated/α-hetero) is 1. The van der Waals surface area contributed by atoms with E-state index in [0.29, 0.717) is 12.0 Å². The van der Waals surface area contributed by atoms with Crippen molar-refractivity contribution in [2.75, 3.05) is 0 Å². The molecule has 0 bridgehead atoms. The average Bonchev–Trinajstić information content (AvgIpc) is 2.42. The molecule has 1 unspecified atom stereocenters. The summed E-state index contributed by atoms with van der Waals surface area (Å²) in [5.41, 5.74) is 0.702. The second-order valence-corrected chi connectivity index (χ2v) is 4.80. The topological polar surface area (TPSA) is 37.3 Å². The summed E-state index contributed by atoms with van der Waals surface area (Å²) < 4.78 is 0. The van der Waals surface area contributed by atoms with Crippen LogP contribution in [0.25, 0.3) is 0 Å². The Morgan fingerprint density at radius 2 is 1.67 bits per heavy atom. The number of unbranched alkanes of at least 4 members (excludes halogenated alkanes) is 5. The van der Waals surface area contributed by atoms with E-state index >= 15 is 0 Å². The third kappa shape index (κ3) is 5.46. The molecule has 0 radical (unpaired) electrons. The molecule has 0 aromatic heterocycles. The minimum Gasteiger partial charge on any atom is -0.381 e. The molecule has 18 heavy (non-hydrogen) atoms. The first-order chi connectivity index (χ1) is 8.75. The first kappa shape index (κ1) is 14.9. The molecule has 1 aromatic carbocycles. The van der Waals surface area contributed by atoms with Crippen LogP contribution in [0.5, 0.6) is 0 Å². The Kier molecular flexibility index (Phi) is 7.35. The van der Waals surface area contributed by atoms with Crippen LogP contribution in [-0.4, -0.2) is 10.9 Å². The number of carbonyl (C=O) groups excluding carboxylic acids is 1. The number of carbonyl (C=O) groups is 1. The fraction of sp³-hybridized carbons (Fsp3) is 0.562. The van der Waals surface area contributed by atoms with Crippen molar-refractivity contribution in [2.45, 2.75) is 58.0 Å². The van der Waals surface area contributed by atoms with Crippen LogP contribution >= 0.6 is 0 Å². The number of hydrogen-bond acceptors (Lipinski definition) is 2. The summed E-state index contributed by atoms with van der Waals surface area (Å²) in [4.78, 5) is 11.8. The molecule has 0 fully saturated rings. The highest BCUT2D eigenvalue weighted by Crippen LogP contribution is 2.17. The Morgan fingerprint density at radius 3 is 2.33 bits per heavy atom. The van der Waals surface area contributed by atoms with Gasteiger partial charge in [-0.15, -0.1) is 0 Å². The molecule has 2 heteroatoms. The van der Waals surface area contributed by atoms with Gasteiger partial charge in [0.25, 0.3) is 0 Å². The van der Waals surface area contributed by atoms with Gasteiger partial charge in [-0.25, -0.2) is 0 Å². The number of benzene rings is 1. The standard InChI is InChI=1S/C16H24O2/c1-2-3-4-5-6-10-13-15(17)16(18)14-11-8-7-9-12-14/h7-9,11-12,16,18H,2-6,10,13H2,1H3. The Bertz CT molecular complexity index is 332. The minimum absolute atomic E-state index is 0.0586. The van der Waals surface area contributed by atoms with E-state index < -0.39 is 6.10 Å². The van der Waals surface area contributed by atoms with Gasteiger partial charge in [-0.1, -0.05) is 69.4 Å². The zero-order valence-corrected chi connectivity index (χ0v) is 11.3. The third-order valence-electron chi connectivity index (χ3n) is 3.20. The highest BCUT2D eigenvalue weighted by molar-refractivity contribution is 5.84. The number of hydrogen-bond donors (Lipinski definition) is 1. The molecule has 1 rings (SSSR count). The van der Waals surface area contributed by atoms with Gasteiger partial charge in [0.15, 0.2) is 5.78 Å². The Labute approximate surface area is 110 Å². The van der Waals surface area contributed by atoms with E-state index in [0.717, 1.165) is 12.8 Å². The van der Waals surface area contributed by atoms with Crippen molar-refractivity contribution in [3.8, 4) is 0 Å². The Hall–Kier alpha value is -1.15. The maximum absolute atomic E-state index is 11.8. The monoisotopic (exact) mass is 248 g/mol. The van der Waals surface area contributed by atoms with Crippen molar-refractivity contribution >= 4 is 5.78 Å². The minimum atomic E-state index is -0.943. The van der Waals surface area contributed by atoms with Gasteiger partial charge in [0.05, 0.1) is 0 Å². The van der Waals surface area contributed by atoms with Gasteiger partial charge in [0.1, 0.15) is 6.10 Å². The SMILES string of the molecule is CCCCCCCCC(=O)C(O)c1ccccc1. The van der Waals surface area contributed by atoms with E-state index in [1.54, 1.807) is 12.1 Å². The number of rotatable bonds is 9. The van der Waals surface area contributed by atoms with Crippen molar-refractivity contribution in [3.05, 3.63) is 35.9 Å². The summed E-state index contributed by atoms with van der Waals surface area (Å²) in [5, 5.41) is 9.88.